The molecule has 88 valence electrons. The molecule has 1 atom stereocenters. The van der Waals surface area contributed by atoms with Gasteiger partial charge >= 0.3 is 12.3 Å². The van der Waals surface area contributed by atoms with Crippen molar-refractivity contribution in [2.75, 3.05) is 0 Å². The Morgan fingerprint density at radius 3 is 2.62 bits per heavy atom. The molecule has 2 N–H and O–H groups in total. The highest BCUT2D eigenvalue weighted by Gasteiger charge is 2.31. The number of halogens is 3. The van der Waals surface area contributed by atoms with E-state index >= 15 is 0 Å². The number of alkyl halides is 3. The van der Waals surface area contributed by atoms with Crippen LogP contribution in [0.15, 0.2) is 18.5 Å². The third kappa shape index (κ3) is 3.11. The minimum atomic E-state index is -4.48. The molecule has 0 aliphatic carbocycles. The molecule has 0 saturated heterocycles. The maximum Gasteiger partial charge on any atom is 0.417 e. The van der Waals surface area contributed by atoms with Crippen molar-refractivity contribution >= 4 is 6.09 Å². The Kier molecular flexibility index (Phi) is 3.36. The molecule has 0 saturated carbocycles. The van der Waals surface area contributed by atoms with Crippen LogP contribution < -0.4 is 5.32 Å². The number of carbonyl (C=O) groups is 1. The number of hydrogen-bond donors (Lipinski definition) is 2. The van der Waals surface area contributed by atoms with Gasteiger partial charge in [-0.1, -0.05) is 0 Å². The largest absolute Gasteiger partial charge is 0.465 e. The van der Waals surface area contributed by atoms with Gasteiger partial charge in [0.2, 0.25) is 0 Å². The van der Waals surface area contributed by atoms with Crippen LogP contribution in [0.4, 0.5) is 18.0 Å². The fourth-order valence-corrected chi connectivity index (χ4v) is 1.12. The molecule has 1 aromatic heterocycles. The molecular formula is C9H9F3N2O2. The van der Waals surface area contributed by atoms with Gasteiger partial charge in [0.25, 0.3) is 0 Å². The summed E-state index contributed by atoms with van der Waals surface area (Å²) in [4.78, 5) is 13.7. The van der Waals surface area contributed by atoms with Crippen molar-refractivity contribution in [3.63, 3.8) is 0 Å². The number of hydrogen-bond acceptors (Lipinski definition) is 2. The molecule has 7 heteroatoms. The van der Waals surface area contributed by atoms with Crippen molar-refractivity contribution in [1.82, 2.24) is 10.3 Å². The lowest BCUT2D eigenvalue weighted by molar-refractivity contribution is -0.137. The summed E-state index contributed by atoms with van der Waals surface area (Å²) in [5, 5.41) is 10.5. The van der Waals surface area contributed by atoms with Crippen LogP contribution >= 0.6 is 0 Å². The summed E-state index contributed by atoms with van der Waals surface area (Å²) in [6.45, 7) is 1.44. The summed E-state index contributed by atoms with van der Waals surface area (Å²) in [5.74, 6) is 0. The SMILES string of the molecule is C[C@@H](NC(=O)O)c1cncc(C(F)(F)F)c1. The molecule has 0 radical (unpaired) electrons. The van der Waals surface area contributed by atoms with Gasteiger partial charge in [-0.05, 0) is 18.6 Å². The zero-order valence-electron chi connectivity index (χ0n) is 8.25. The molecule has 4 nitrogen and oxygen atoms in total. The number of nitrogens with zero attached hydrogens (tertiary/aromatic N) is 1. The highest BCUT2D eigenvalue weighted by atomic mass is 19.4. The van der Waals surface area contributed by atoms with E-state index < -0.39 is 23.9 Å². The highest BCUT2D eigenvalue weighted by Crippen LogP contribution is 2.29. The van der Waals surface area contributed by atoms with Crippen molar-refractivity contribution in [1.29, 1.82) is 0 Å². The molecule has 16 heavy (non-hydrogen) atoms. The van der Waals surface area contributed by atoms with E-state index in [4.69, 9.17) is 5.11 Å². The van der Waals surface area contributed by atoms with Crippen molar-refractivity contribution in [3.8, 4) is 0 Å². The average Bonchev–Trinajstić information content (AvgIpc) is 2.15. The first-order valence-electron chi connectivity index (χ1n) is 4.32. The number of rotatable bonds is 2. The normalized spacial score (nSPS) is 13.2. The molecule has 0 aliphatic rings. The van der Waals surface area contributed by atoms with E-state index in [1.165, 1.54) is 13.1 Å². The topological polar surface area (TPSA) is 62.2 Å². The molecule has 1 rings (SSSR count). The van der Waals surface area contributed by atoms with Gasteiger partial charge in [0.15, 0.2) is 0 Å². The first kappa shape index (κ1) is 12.3. The number of amides is 1. The van der Waals surface area contributed by atoms with E-state index in [1.807, 2.05) is 5.32 Å². The molecule has 0 fully saturated rings. The summed E-state index contributed by atoms with van der Waals surface area (Å²) < 4.78 is 37.0. The van der Waals surface area contributed by atoms with Gasteiger partial charge in [-0.2, -0.15) is 13.2 Å². The fourth-order valence-electron chi connectivity index (χ4n) is 1.12. The van der Waals surface area contributed by atoms with Gasteiger partial charge < -0.3 is 10.4 Å². The first-order chi connectivity index (χ1) is 7.30. The highest BCUT2D eigenvalue weighted by molar-refractivity contribution is 5.65. The lowest BCUT2D eigenvalue weighted by Gasteiger charge is -2.13. The van der Waals surface area contributed by atoms with E-state index in [-0.39, 0.29) is 5.56 Å². The van der Waals surface area contributed by atoms with Gasteiger partial charge in [-0.15, -0.1) is 0 Å². The van der Waals surface area contributed by atoms with E-state index in [0.717, 1.165) is 6.07 Å². The smallest absolute Gasteiger partial charge is 0.417 e. The van der Waals surface area contributed by atoms with Crippen LogP contribution in [0.1, 0.15) is 24.1 Å². The molecular weight excluding hydrogens is 225 g/mol. The maximum atomic E-state index is 12.3. The van der Waals surface area contributed by atoms with Gasteiger partial charge in [-0.3, -0.25) is 4.98 Å². The third-order valence-corrected chi connectivity index (χ3v) is 1.93. The standard InChI is InChI=1S/C9H9F3N2O2/c1-5(14-8(15)16)6-2-7(4-13-3-6)9(10,11)12/h2-5,14H,1H3,(H,15,16)/t5-/m1/s1. The first-order valence-corrected chi connectivity index (χ1v) is 4.32. The Morgan fingerprint density at radius 2 is 2.12 bits per heavy atom. The molecule has 0 bridgehead atoms. The Balaban J connectivity index is 2.94. The predicted octanol–water partition coefficient (Wildman–Crippen LogP) is 2.43. The summed E-state index contributed by atoms with van der Waals surface area (Å²) >= 11 is 0. The second-order valence-electron chi connectivity index (χ2n) is 3.18. The quantitative estimate of drug-likeness (QED) is 0.826. The van der Waals surface area contributed by atoms with Crippen LogP contribution in [-0.2, 0) is 6.18 Å². The Hall–Kier alpha value is -1.79. The number of nitrogens with one attached hydrogen (secondary N) is 1. The van der Waals surface area contributed by atoms with Crippen molar-refractivity contribution < 1.29 is 23.1 Å². The molecule has 1 amide bonds. The van der Waals surface area contributed by atoms with Crippen LogP contribution in [0.3, 0.4) is 0 Å². The average molecular weight is 234 g/mol. The molecule has 1 aromatic rings. The van der Waals surface area contributed by atoms with Crippen LogP contribution in [0.25, 0.3) is 0 Å². The maximum absolute atomic E-state index is 12.3. The zero-order valence-corrected chi connectivity index (χ0v) is 8.25. The molecule has 0 spiro atoms. The lowest BCUT2D eigenvalue weighted by Crippen LogP contribution is -2.24. The zero-order chi connectivity index (χ0) is 12.3. The van der Waals surface area contributed by atoms with Crippen molar-refractivity contribution in [2.45, 2.75) is 19.1 Å². The summed E-state index contributed by atoms with van der Waals surface area (Å²) in [6, 6.07) is 0.125. The summed E-state index contributed by atoms with van der Waals surface area (Å²) in [5.41, 5.74) is -0.735. The van der Waals surface area contributed by atoms with Gasteiger partial charge in [0.1, 0.15) is 0 Å². The third-order valence-electron chi connectivity index (χ3n) is 1.93. The van der Waals surface area contributed by atoms with Gasteiger partial charge in [0, 0.05) is 12.4 Å². The van der Waals surface area contributed by atoms with E-state index in [2.05, 4.69) is 4.98 Å². The number of aromatic nitrogens is 1. The monoisotopic (exact) mass is 234 g/mol. The fraction of sp³-hybridized carbons (Fsp3) is 0.333. The molecule has 0 unspecified atom stereocenters. The molecule has 0 aliphatic heterocycles. The van der Waals surface area contributed by atoms with E-state index in [1.54, 1.807) is 0 Å². The number of pyridine rings is 1. The second kappa shape index (κ2) is 4.38. The lowest BCUT2D eigenvalue weighted by atomic mass is 10.1. The van der Waals surface area contributed by atoms with Crippen LogP contribution in [0.2, 0.25) is 0 Å². The van der Waals surface area contributed by atoms with Gasteiger partial charge in [0.05, 0.1) is 11.6 Å². The summed E-state index contributed by atoms with van der Waals surface area (Å²) in [6.07, 6.45) is -3.90. The number of carboxylic acid groups (broad SMARTS) is 1. The molecule has 0 aromatic carbocycles. The van der Waals surface area contributed by atoms with Crippen molar-refractivity contribution in [2.24, 2.45) is 0 Å². The summed E-state index contributed by atoms with van der Waals surface area (Å²) in [7, 11) is 0. The second-order valence-corrected chi connectivity index (χ2v) is 3.18. The Labute approximate surface area is 89.1 Å². The Bertz CT molecular complexity index is 393. The van der Waals surface area contributed by atoms with Crippen molar-refractivity contribution in [3.05, 3.63) is 29.6 Å². The van der Waals surface area contributed by atoms with E-state index in [9.17, 15) is 18.0 Å². The predicted molar refractivity (Wildman–Crippen MR) is 48.8 cm³/mol. The molecule has 1 heterocycles. The minimum absolute atomic E-state index is 0.164. The van der Waals surface area contributed by atoms with Crippen LogP contribution in [-0.4, -0.2) is 16.2 Å². The minimum Gasteiger partial charge on any atom is -0.465 e. The van der Waals surface area contributed by atoms with Crippen LogP contribution in [0, 0.1) is 0 Å². The van der Waals surface area contributed by atoms with Crippen LogP contribution in [0.5, 0.6) is 0 Å². The Morgan fingerprint density at radius 1 is 1.50 bits per heavy atom. The van der Waals surface area contributed by atoms with Gasteiger partial charge in [-0.25, -0.2) is 4.79 Å². The van der Waals surface area contributed by atoms with E-state index in [0.29, 0.717) is 6.20 Å².